The molecule has 1 aromatic carbocycles. The Labute approximate surface area is 157 Å². The molecule has 9 heteroatoms. The minimum atomic E-state index is 0.584. The van der Waals surface area contributed by atoms with Crippen molar-refractivity contribution in [2.45, 2.75) is 6.92 Å². The van der Waals surface area contributed by atoms with Crippen LogP contribution in [0.3, 0.4) is 0 Å². The maximum Gasteiger partial charge on any atom is 0.247 e. The molecule has 3 heterocycles. The van der Waals surface area contributed by atoms with Gasteiger partial charge in [0, 0.05) is 32.2 Å². The van der Waals surface area contributed by atoms with E-state index < -0.39 is 0 Å². The van der Waals surface area contributed by atoms with E-state index in [1.165, 1.54) is 0 Å². The molecule has 0 radical (unpaired) electrons. The molecule has 3 aromatic rings. The van der Waals surface area contributed by atoms with E-state index in [2.05, 4.69) is 41.5 Å². The van der Waals surface area contributed by atoms with Crippen molar-refractivity contribution < 1.29 is 9.26 Å². The first-order chi connectivity index (χ1) is 13.2. The van der Waals surface area contributed by atoms with Crippen molar-refractivity contribution in [1.82, 2.24) is 20.3 Å². The summed E-state index contributed by atoms with van der Waals surface area (Å²) in [5.41, 5.74) is 1.11. The second-order valence-corrected chi connectivity index (χ2v) is 6.24. The van der Waals surface area contributed by atoms with Gasteiger partial charge in [-0.15, -0.1) is 5.10 Å². The topological polar surface area (TPSA) is 92.4 Å². The molecule has 0 spiro atoms. The molecule has 0 saturated carbocycles. The van der Waals surface area contributed by atoms with Crippen molar-refractivity contribution in [3.05, 3.63) is 42.3 Å². The van der Waals surface area contributed by atoms with Gasteiger partial charge < -0.3 is 24.4 Å². The van der Waals surface area contributed by atoms with Gasteiger partial charge in [-0.1, -0.05) is 17.3 Å². The van der Waals surface area contributed by atoms with Gasteiger partial charge in [-0.05, 0) is 19.1 Å². The van der Waals surface area contributed by atoms with Crippen LogP contribution in [0, 0.1) is 6.92 Å². The minimum absolute atomic E-state index is 0.584. The molecule has 1 aliphatic heterocycles. The van der Waals surface area contributed by atoms with Crippen LogP contribution < -0.4 is 19.9 Å². The monoisotopic (exact) mass is 367 g/mol. The molecule has 0 amide bonds. The first-order valence-electron chi connectivity index (χ1n) is 8.76. The van der Waals surface area contributed by atoms with Gasteiger partial charge in [0.15, 0.2) is 11.6 Å². The lowest BCUT2D eigenvalue weighted by Gasteiger charge is -2.36. The molecular weight excluding hydrogens is 346 g/mol. The summed E-state index contributed by atoms with van der Waals surface area (Å²) in [5, 5.41) is 15.2. The molecule has 27 heavy (non-hydrogen) atoms. The predicted octanol–water partition coefficient (Wildman–Crippen LogP) is 2.25. The molecule has 0 atom stereocenters. The zero-order chi connectivity index (χ0) is 18.6. The molecule has 1 aliphatic rings. The molecular formula is C18H21N7O2. The highest BCUT2D eigenvalue weighted by atomic mass is 16.5. The van der Waals surface area contributed by atoms with Crippen molar-refractivity contribution in [3.63, 3.8) is 0 Å². The van der Waals surface area contributed by atoms with Crippen LogP contribution in [-0.4, -0.2) is 53.6 Å². The minimum Gasteiger partial charge on any atom is -0.495 e. The first-order valence-corrected chi connectivity index (χ1v) is 8.76. The van der Waals surface area contributed by atoms with Crippen LogP contribution >= 0.6 is 0 Å². The van der Waals surface area contributed by atoms with Crippen molar-refractivity contribution >= 4 is 23.3 Å². The van der Waals surface area contributed by atoms with Gasteiger partial charge in [-0.3, -0.25) is 0 Å². The highest BCUT2D eigenvalue weighted by molar-refractivity contribution is 5.59. The van der Waals surface area contributed by atoms with E-state index in [1.807, 2.05) is 25.1 Å². The summed E-state index contributed by atoms with van der Waals surface area (Å²) in [7, 11) is 1.70. The number of hydrogen-bond donors (Lipinski definition) is 1. The maximum absolute atomic E-state index is 5.47. The zero-order valence-corrected chi connectivity index (χ0v) is 15.3. The summed E-state index contributed by atoms with van der Waals surface area (Å²) in [6, 6.07) is 9.87. The molecule has 0 unspecified atom stereocenters. The number of aromatic nitrogens is 4. The lowest BCUT2D eigenvalue weighted by molar-refractivity contribution is 0.400. The number of nitrogens with one attached hydrogen (secondary N) is 1. The number of para-hydroxylation sites is 2. The maximum atomic E-state index is 5.47. The lowest BCUT2D eigenvalue weighted by Crippen LogP contribution is -2.47. The Bertz CT molecular complexity index is 906. The number of anilines is 4. The average Bonchev–Trinajstić information content (AvgIpc) is 3.13. The van der Waals surface area contributed by atoms with Crippen LogP contribution in [-0.2, 0) is 0 Å². The average molecular weight is 367 g/mol. The van der Waals surface area contributed by atoms with E-state index in [9.17, 15) is 0 Å². The number of rotatable bonds is 5. The van der Waals surface area contributed by atoms with Gasteiger partial charge >= 0.3 is 0 Å². The van der Waals surface area contributed by atoms with E-state index in [4.69, 9.17) is 9.26 Å². The Kier molecular flexibility index (Phi) is 4.73. The third-order valence-electron chi connectivity index (χ3n) is 4.42. The highest BCUT2D eigenvalue weighted by Crippen LogP contribution is 2.28. The standard InChI is InChI=1S/C18H21N7O2/c1-13-11-16(23-27-13)20-17-12-19-22-18(21-17)25-9-7-24(8-10-25)14-5-3-4-6-15(14)26-2/h3-6,11-12H,7-10H2,1-2H3,(H,20,21,22,23). The molecule has 1 N–H and O–H groups in total. The van der Waals surface area contributed by atoms with Gasteiger partial charge in [0.05, 0.1) is 19.0 Å². The smallest absolute Gasteiger partial charge is 0.247 e. The van der Waals surface area contributed by atoms with Gasteiger partial charge in [0.2, 0.25) is 5.95 Å². The van der Waals surface area contributed by atoms with Gasteiger partial charge in [0.1, 0.15) is 11.5 Å². The Hall–Kier alpha value is -3.36. The molecule has 140 valence electrons. The Morgan fingerprint density at radius 2 is 1.85 bits per heavy atom. The first kappa shape index (κ1) is 17.1. The van der Waals surface area contributed by atoms with Gasteiger partial charge in [0.25, 0.3) is 0 Å². The van der Waals surface area contributed by atoms with E-state index >= 15 is 0 Å². The van der Waals surface area contributed by atoms with Crippen LogP contribution in [0.15, 0.2) is 41.1 Å². The third kappa shape index (κ3) is 3.76. The summed E-state index contributed by atoms with van der Waals surface area (Å²) in [5.74, 6) is 3.39. The van der Waals surface area contributed by atoms with Gasteiger partial charge in [-0.25, -0.2) is 0 Å². The quantitative estimate of drug-likeness (QED) is 0.729. The predicted molar refractivity (Wildman–Crippen MR) is 102 cm³/mol. The summed E-state index contributed by atoms with van der Waals surface area (Å²) < 4.78 is 10.5. The molecule has 0 bridgehead atoms. The van der Waals surface area contributed by atoms with Crippen molar-refractivity contribution in [1.29, 1.82) is 0 Å². The number of nitrogens with zero attached hydrogens (tertiary/aromatic N) is 6. The number of hydrogen-bond acceptors (Lipinski definition) is 9. The number of benzene rings is 1. The largest absolute Gasteiger partial charge is 0.495 e. The Morgan fingerprint density at radius 1 is 1.07 bits per heavy atom. The van der Waals surface area contributed by atoms with E-state index in [0.717, 1.165) is 43.4 Å². The molecule has 4 rings (SSSR count). The Morgan fingerprint density at radius 3 is 2.59 bits per heavy atom. The van der Waals surface area contributed by atoms with Gasteiger partial charge in [-0.2, -0.15) is 10.1 Å². The third-order valence-corrected chi connectivity index (χ3v) is 4.42. The SMILES string of the molecule is COc1ccccc1N1CCN(c2nncc(Nc3cc(C)on3)n2)CC1. The summed E-state index contributed by atoms with van der Waals surface area (Å²) in [6.45, 7) is 5.13. The van der Waals surface area contributed by atoms with E-state index in [0.29, 0.717) is 17.6 Å². The van der Waals surface area contributed by atoms with Crippen LogP contribution in [0.4, 0.5) is 23.3 Å². The van der Waals surface area contributed by atoms with E-state index in [1.54, 1.807) is 19.4 Å². The lowest BCUT2D eigenvalue weighted by atomic mass is 10.2. The Balaban J connectivity index is 1.43. The summed E-state index contributed by atoms with van der Waals surface area (Å²) in [4.78, 5) is 8.98. The molecule has 2 aromatic heterocycles. The van der Waals surface area contributed by atoms with Crippen LogP contribution in [0.25, 0.3) is 0 Å². The number of piperazine rings is 1. The molecule has 1 fully saturated rings. The van der Waals surface area contributed by atoms with Crippen LogP contribution in [0.5, 0.6) is 5.75 Å². The fraction of sp³-hybridized carbons (Fsp3) is 0.333. The highest BCUT2D eigenvalue weighted by Gasteiger charge is 2.21. The fourth-order valence-electron chi connectivity index (χ4n) is 3.08. The van der Waals surface area contributed by atoms with Crippen molar-refractivity contribution in [2.75, 3.05) is 48.4 Å². The summed E-state index contributed by atoms with van der Waals surface area (Å²) >= 11 is 0. The number of methoxy groups -OCH3 is 1. The summed E-state index contributed by atoms with van der Waals surface area (Å²) in [6.07, 6.45) is 1.57. The number of ether oxygens (including phenoxy) is 1. The second-order valence-electron chi connectivity index (χ2n) is 6.24. The fourth-order valence-corrected chi connectivity index (χ4v) is 3.08. The second kappa shape index (κ2) is 7.48. The van der Waals surface area contributed by atoms with Crippen LogP contribution in [0.2, 0.25) is 0 Å². The van der Waals surface area contributed by atoms with Crippen molar-refractivity contribution in [3.8, 4) is 5.75 Å². The van der Waals surface area contributed by atoms with Crippen molar-refractivity contribution in [2.24, 2.45) is 0 Å². The molecule has 1 saturated heterocycles. The molecule has 9 nitrogen and oxygen atoms in total. The zero-order valence-electron chi connectivity index (χ0n) is 15.3. The van der Waals surface area contributed by atoms with Crippen LogP contribution in [0.1, 0.15) is 5.76 Å². The molecule has 0 aliphatic carbocycles. The van der Waals surface area contributed by atoms with E-state index in [-0.39, 0.29) is 0 Å². The number of aryl methyl sites for hydroxylation is 1. The normalized spacial score (nSPS) is 14.3.